The Labute approximate surface area is 224 Å². The van der Waals surface area contributed by atoms with Gasteiger partial charge < -0.3 is 18.6 Å². The SMILES string of the molecule is C=C[C@H]1C(C)(C)[C@H]2O[C@]1(CO[C@H]1CCCCO1)C[C@@H]2O[Si](c1ccccc1)(c1ccccc1)C(C)(C)C. The van der Waals surface area contributed by atoms with Crippen molar-refractivity contribution >= 4 is 18.7 Å². The third-order valence-electron chi connectivity index (χ3n) is 8.98. The number of rotatable bonds is 8. The van der Waals surface area contributed by atoms with Crippen molar-refractivity contribution in [1.82, 2.24) is 0 Å². The van der Waals surface area contributed by atoms with Crippen LogP contribution in [-0.4, -0.2) is 45.6 Å². The van der Waals surface area contributed by atoms with Crippen LogP contribution in [0.4, 0.5) is 0 Å². The fraction of sp³-hybridized carbons (Fsp3) is 0.562. The van der Waals surface area contributed by atoms with Crippen LogP contribution in [0.25, 0.3) is 0 Å². The number of ether oxygens (including phenoxy) is 3. The molecule has 5 rings (SSSR count). The molecule has 5 atom stereocenters. The molecule has 4 nitrogen and oxygen atoms in total. The molecule has 3 fully saturated rings. The van der Waals surface area contributed by atoms with Crippen LogP contribution in [0.15, 0.2) is 73.3 Å². The van der Waals surface area contributed by atoms with Crippen LogP contribution < -0.4 is 10.4 Å². The highest BCUT2D eigenvalue weighted by molar-refractivity contribution is 6.99. The smallest absolute Gasteiger partial charge is 0.261 e. The lowest BCUT2D eigenvalue weighted by molar-refractivity contribution is -0.193. The van der Waals surface area contributed by atoms with Gasteiger partial charge in [-0.2, -0.15) is 0 Å². The molecule has 0 amide bonds. The van der Waals surface area contributed by atoms with E-state index in [0.717, 1.165) is 32.3 Å². The van der Waals surface area contributed by atoms with E-state index in [2.05, 4.69) is 108 Å². The number of benzene rings is 2. The molecule has 37 heavy (non-hydrogen) atoms. The van der Waals surface area contributed by atoms with Crippen molar-refractivity contribution in [1.29, 1.82) is 0 Å². The van der Waals surface area contributed by atoms with Gasteiger partial charge in [-0.25, -0.2) is 0 Å². The molecular formula is C32H44O4Si. The van der Waals surface area contributed by atoms with Gasteiger partial charge in [-0.3, -0.25) is 0 Å². The highest BCUT2D eigenvalue weighted by Crippen LogP contribution is 2.60. The topological polar surface area (TPSA) is 36.9 Å². The van der Waals surface area contributed by atoms with Gasteiger partial charge in [-0.15, -0.1) is 6.58 Å². The maximum Gasteiger partial charge on any atom is 0.261 e. The summed E-state index contributed by atoms with van der Waals surface area (Å²) in [6, 6.07) is 21.8. The van der Waals surface area contributed by atoms with Crippen molar-refractivity contribution < 1.29 is 18.6 Å². The summed E-state index contributed by atoms with van der Waals surface area (Å²) in [4.78, 5) is 0. The molecule has 200 valence electrons. The minimum atomic E-state index is -2.71. The van der Waals surface area contributed by atoms with Gasteiger partial charge in [0.1, 0.15) is 5.60 Å². The Balaban J connectivity index is 1.52. The zero-order valence-electron chi connectivity index (χ0n) is 23.2. The first-order chi connectivity index (χ1) is 17.6. The Bertz CT molecular complexity index is 1020. The number of hydrogen-bond acceptors (Lipinski definition) is 4. The summed E-state index contributed by atoms with van der Waals surface area (Å²) in [6.45, 7) is 17.1. The fourth-order valence-electron chi connectivity index (χ4n) is 7.31. The second kappa shape index (κ2) is 10.1. The van der Waals surface area contributed by atoms with Gasteiger partial charge in [0.05, 0.1) is 18.8 Å². The first-order valence-electron chi connectivity index (χ1n) is 14.0. The average Bonchev–Trinajstić information content (AvgIpc) is 3.37. The van der Waals surface area contributed by atoms with Gasteiger partial charge >= 0.3 is 0 Å². The maximum atomic E-state index is 7.61. The Hall–Kier alpha value is -1.76. The average molecular weight is 521 g/mol. The van der Waals surface area contributed by atoms with Crippen LogP contribution in [0.1, 0.15) is 60.3 Å². The van der Waals surface area contributed by atoms with Crippen LogP contribution in [-0.2, 0) is 18.6 Å². The van der Waals surface area contributed by atoms with Crippen molar-refractivity contribution in [2.45, 2.75) is 89.4 Å². The summed E-state index contributed by atoms with van der Waals surface area (Å²) in [7, 11) is -2.71. The minimum absolute atomic E-state index is 0.0339. The molecule has 0 N–H and O–H groups in total. The van der Waals surface area contributed by atoms with Gasteiger partial charge in [0, 0.05) is 24.4 Å². The molecule has 2 aromatic rings. The van der Waals surface area contributed by atoms with Gasteiger partial charge in [0.15, 0.2) is 6.29 Å². The molecule has 3 saturated heterocycles. The number of hydrogen-bond donors (Lipinski definition) is 0. The lowest BCUT2D eigenvalue weighted by Crippen LogP contribution is -2.69. The molecule has 0 aliphatic carbocycles. The molecular weight excluding hydrogens is 476 g/mol. The molecule has 0 spiro atoms. The lowest BCUT2D eigenvalue weighted by Gasteiger charge is -2.49. The van der Waals surface area contributed by atoms with Gasteiger partial charge in [-0.1, -0.05) is 101 Å². The standard InChI is InChI=1S/C32H44O4Si/c1-7-27-31(5,6)29-26(22-32(27,35-29)23-34-28-20-14-15-21-33-28)36-37(30(2,3)4,24-16-10-8-11-17-24)25-18-12-9-13-19-25/h7-13,16-19,26-29H,1,14-15,20-23H2,2-6H3/t26-,27-,28-,29-,32-/m0/s1. The van der Waals surface area contributed by atoms with Gasteiger partial charge in [0.25, 0.3) is 8.32 Å². The monoisotopic (exact) mass is 520 g/mol. The summed E-state index contributed by atoms with van der Waals surface area (Å²) in [5.41, 5.74) is -0.570. The highest BCUT2D eigenvalue weighted by atomic mass is 28.4. The predicted molar refractivity (Wildman–Crippen MR) is 152 cm³/mol. The Morgan fingerprint density at radius 1 is 1.00 bits per heavy atom. The molecule has 3 aliphatic heterocycles. The molecule has 5 heteroatoms. The lowest BCUT2D eigenvalue weighted by atomic mass is 9.63. The van der Waals surface area contributed by atoms with Crippen LogP contribution in [0.3, 0.4) is 0 Å². The van der Waals surface area contributed by atoms with E-state index in [4.69, 9.17) is 18.6 Å². The summed E-state index contributed by atoms with van der Waals surface area (Å²) >= 11 is 0. The summed E-state index contributed by atoms with van der Waals surface area (Å²) in [5, 5.41) is 2.52. The van der Waals surface area contributed by atoms with Crippen molar-refractivity contribution in [2.24, 2.45) is 11.3 Å². The van der Waals surface area contributed by atoms with E-state index in [9.17, 15) is 0 Å². The van der Waals surface area contributed by atoms with E-state index in [-0.39, 0.29) is 34.9 Å². The third-order valence-corrected chi connectivity index (χ3v) is 14.0. The molecule has 3 heterocycles. The Kier molecular flexibility index (Phi) is 7.31. The Morgan fingerprint density at radius 2 is 1.62 bits per heavy atom. The van der Waals surface area contributed by atoms with Crippen molar-refractivity contribution in [3.05, 3.63) is 73.3 Å². The number of fused-ring (bicyclic) bond motifs is 2. The van der Waals surface area contributed by atoms with Crippen molar-refractivity contribution in [2.75, 3.05) is 13.2 Å². The molecule has 3 aliphatic rings. The quantitative estimate of drug-likeness (QED) is 0.323. The van der Waals surface area contributed by atoms with E-state index in [1.165, 1.54) is 10.4 Å². The first-order valence-corrected chi connectivity index (χ1v) is 15.9. The molecule has 0 aromatic heterocycles. The van der Waals surface area contributed by atoms with Crippen molar-refractivity contribution in [3.8, 4) is 0 Å². The van der Waals surface area contributed by atoms with E-state index in [1.807, 2.05) is 0 Å². The van der Waals surface area contributed by atoms with Crippen LogP contribution >= 0.6 is 0 Å². The zero-order chi connectivity index (χ0) is 26.3. The van der Waals surface area contributed by atoms with E-state index >= 15 is 0 Å². The molecule has 2 aromatic carbocycles. The summed E-state index contributed by atoms with van der Waals surface area (Å²) in [6.07, 6.45) is 5.89. The Morgan fingerprint density at radius 3 is 2.14 bits per heavy atom. The molecule has 0 radical (unpaired) electrons. The van der Waals surface area contributed by atoms with E-state index in [1.54, 1.807) is 0 Å². The molecule has 0 unspecified atom stereocenters. The van der Waals surface area contributed by atoms with E-state index in [0.29, 0.717) is 6.61 Å². The second-order valence-electron chi connectivity index (χ2n) is 12.8. The van der Waals surface area contributed by atoms with Gasteiger partial charge in [0.2, 0.25) is 0 Å². The van der Waals surface area contributed by atoms with Crippen LogP contribution in [0.5, 0.6) is 0 Å². The van der Waals surface area contributed by atoms with Gasteiger partial charge in [-0.05, 0) is 34.7 Å². The van der Waals surface area contributed by atoms with Crippen LogP contribution in [0.2, 0.25) is 5.04 Å². The normalized spacial score (nSPS) is 31.4. The molecule has 0 saturated carbocycles. The summed E-state index contributed by atoms with van der Waals surface area (Å²) in [5.74, 6) is 0.188. The molecule has 2 bridgehead atoms. The predicted octanol–water partition coefficient (Wildman–Crippen LogP) is 5.84. The minimum Gasteiger partial charge on any atom is -0.402 e. The fourth-order valence-corrected chi connectivity index (χ4v) is 12.0. The summed E-state index contributed by atoms with van der Waals surface area (Å²) < 4.78 is 26.9. The highest BCUT2D eigenvalue weighted by Gasteiger charge is 2.68. The van der Waals surface area contributed by atoms with E-state index < -0.39 is 13.9 Å². The zero-order valence-corrected chi connectivity index (χ0v) is 24.2. The van der Waals surface area contributed by atoms with Crippen molar-refractivity contribution in [3.63, 3.8) is 0 Å². The maximum absolute atomic E-state index is 7.61. The largest absolute Gasteiger partial charge is 0.402 e. The third kappa shape index (κ3) is 4.57. The second-order valence-corrected chi connectivity index (χ2v) is 17.0. The van der Waals surface area contributed by atoms with Crippen LogP contribution in [0, 0.1) is 11.3 Å². The first kappa shape index (κ1) is 26.8.